The molecule has 0 aliphatic carbocycles. The Morgan fingerprint density at radius 2 is 1.64 bits per heavy atom. The van der Waals surface area contributed by atoms with Gasteiger partial charge in [-0.25, -0.2) is 9.79 Å². The molecule has 1 unspecified atom stereocenters. The lowest BCUT2D eigenvalue weighted by Crippen LogP contribution is -2.58. The molecule has 3 aliphatic heterocycles. The van der Waals surface area contributed by atoms with E-state index in [0.717, 1.165) is 28.4 Å². The zero-order valence-electron chi connectivity index (χ0n) is 26.7. The normalized spacial score (nSPS) is 23.2. The van der Waals surface area contributed by atoms with Crippen LogP contribution < -0.4 is 0 Å². The fourth-order valence-corrected chi connectivity index (χ4v) is 7.76. The summed E-state index contributed by atoms with van der Waals surface area (Å²) in [5, 5.41) is 2.13. The lowest BCUT2D eigenvalue weighted by molar-refractivity contribution is -0.130. The molecule has 10 heteroatoms. The van der Waals surface area contributed by atoms with Gasteiger partial charge in [-0.2, -0.15) is 0 Å². The standard InChI is InChI=1S/C34H42Cl2N4O3S/c1-20(2)27-28(30(41)39(21(3)4)19-26-17-18-38(26)32(42)43-33(5,6)7)44-31-37-34(8,23-11-15-25(36)16-12-23)29(40(27)31)22-9-13-24(35)14-10-22/h9-16,20-21,26,29H,17-19H2,1-8H3/t26?,29-,34+/m1/s1. The van der Waals surface area contributed by atoms with Crippen LogP contribution in [0.3, 0.4) is 0 Å². The van der Waals surface area contributed by atoms with Crippen LogP contribution in [0.2, 0.25) is 10.0 Å². The van der Waals surface area contributed by atoms with Crippen molar-refractivity contribution >= 4 is 52.1 Å². The van der Waals surface area contributed by atoms with E-state index in [2.05, 4.69) is 25.7 Å². The van der Waals surface area contributed by atoms with Crippen molar-refractivity contribution in [2.75, 3.05) is 13.1 Å². The van der Waals surface area contributed by atoms with Crippen molar-refractivity contribution < 1.29 is 14.3 Å². The van der Waals surface area contributed by atoms with Gasteiger partial charge in [0.2, 0.25) is 0 Å². The fraction of sp³-hybridized carbons (Fsp3) is 0.500. The number of fused-ring (bicyclic) bond motifs is 1. The zero-order chi connectivity index (χ0) is 32.1. The molecule has 0 spiro atoms. The number of halogens is 2. The van der Waals surface area contributed by atoms with Gasteiger partial charge in [-0.15, -0.1) is 0 Å². The van der Waals surface area contributed by atoms with Crippen LogP contribution in [0.4, 0.5) is 4.79 Å². The van der Waals surface area contributed by atoms with E-state index in [4.69, 9.17) is 32.9 Å². The lowest BCUT2D eigenvalue weighted by Gasteiger charge is -2.44. The number of carbonyl (C=O) groups is 2. The minimum Gasteiger partial charge on any atom is -0.444 e. The van der Waals surface area contributed by atoms with E-state index in [1.54, 1.807) is 4.90 Å². The van der Waals surface area contributed by atoms with Crippen LogP contribution in [-0.4, -0.2) is 62.6 Å². The highest BCUT2D eigenvalue weighted by Crippen LogP contribution is 2.56. The van der Waals surface area contributed by atoms with E-state index in [9.17, 15) is 9.59 Å². The maximum absolute atomic E-state index is 14.5. The monoisotopic (exact) mass is 656 g/mol. The molecule has 2 aromatic rings. The molecular weight excluding hydrogens is 615 g/mol. The summed E-state index contributed by atoms with van der Waals surface area (Å²) < 4.78 is 5.63. The number of allylic oxidation sites excluding steroid dienone is 1. The number of amides is 2. The summed E-state index contributed by atoms with van der Waals surface area (Å²) in [6.07, 6.45) is 0.500. The van der Waals surface area contributed by atoms with Gasteiger partial charge in [0.1, 0.15) is 16.0 Å². The predicted octanol–water partition coefficient (Wildman–Crippen LogP) is 8.48. The molecule has 0 N–H and O–H groups in total. The maximum atomic E-state index is 14.5. The number of aliphatic imine (C=N–C) groups is 1. The number of amidine groups is 1. The highest BCUT2D eigenvalue weighted by molar-refractivity contribution is 8.18. The van der Waals surface area contributed by atoms with Gasteiger partial charge in [-0.05, 0) is 101 Å². The molecule has 1 saturated heterocycles. The fourth-order valence-electron chi connectivity index (χ4n) is 6.14. The topological polar surface area (TPSA) is 65.5 Å². The van der Waals surface area contributed by atoms with Crippen LogP contribution in [0.15, 0.2) is 64.1 Å². The summed E-state index contributed by atoms with van der Waals surface area (Å²) in [6.45, 7) is 17.1. The molecule has 0 radical (unpaired) electrons. The van der Waals surface area contributed by atoms with E-state index in [-0.39, 0.29) is 36.0 Å². The average molecular weight is 658 g/mol. The van der Waals surface area contributed by atoms with Gasteiger partial charge >= 0.3 is 6.09 Å². The molecule has 0 bridgehead atoms. The number of carbonyl (C=O) groups excluding carboxylic acids is 2. The Balaban J connectivity index is 1.50. The highest BCUT2D eigenvalue weighted by Gasteiger charge is 2.53. The first-order valence-electron chi connectivity index (χ1n) is 15.2. The number of nitrogens with zero attached hydrogens (tertiary/aromatic N) is 4. The largest absolute Gasteiger partial charge is 0.444 e. The van der Waals surface area contributed by atoms with Crippen molar-refractivity contribution in [2.24, 2.45) is 10.9 Å². The molecular formula is C34H42Cl2N4O3S. The first-order chi connectivity index (χ1) is 20.6. The second kappa shape index (κ2) is 12.3. The van der Waals surface area contributed by atoms with Gasteiger partial charge < -0.3 is 19.4 Å². The van der Waals surface area contributed by atoms with Gasteiger partial charge in [0.15, 0.2) is 5.17 Å². The number of ether oxygens (including phenoxy) is 1. The molecule has 5 rings (SSSR count). The van der Waals surface area contributed by atoms with Crippen LogP contribution in [0.1, 0.15) is 79.0 Å². The first-order valence-corrected chi connectivity index (χ1v) is 16.8. The molecule has 0 saturated carbocycles. The number of likely N-dealkylation sites (tertiary alicyclic amines) is 1. The molecule has 236 valence electrons. The van der Waals surface area contributed by atoms with Crippen molar-refractivity contribution in [3.05, 3.63) is 80.3 Å². The Bertz CT molecular complexity index is 1480. The second-order valence-electron chi connectivity index (χ2n) is 13.5. The summed E-state index contributed by atoms with van der Waals surface area (Å²) in [5.41, 5.74) is 1.85. The van der Waals surface area contributed by atoms with E-state index in [1.807, 2.05) is 88.0 Å². The molecule has 2 aromatic carbocycles. The first kappa shape index (κ1) is 32.7. The molecule has 1 fully saturated rings. The van der Waals surface area contributed by atoms with Gasteiger partial charge in [-0.3, -0.25) is 4.79 Å². The van der Waals surface area contributed by atoms with Crippen LogP contribution in [0.5, 0.6) is 0 Å². The molecule has 7 nitrogen and oxygen atoms in total. The predicted molar refractivity (Wildman–Crippen MR) is 180 cm³/mol. The Hall–Kier alpha value is -2.68. The van der Waals surface area contributed by atoms with Gasteiger partial charge in [0, 0.05) is 34.9 Å². The Morgan fingerprint density at radius 1 is 1.05 bits per heavy atom. The zero-order valence-corrected chi connectivity index (χ0v) is 29.1. The summed E-state index contributed by atoms with van der Waals surface area (Å²) in [4.78, 5) is 39.2. The summed E-state index contributed by atoms with van der Waals surface area (Å²) in [5.74, 6) is 0.0115. The molecule has 3 atom stereocenters. The second-order valence-corrected chi connectivity index (χ2v) is 15.4. The third-order valence-corrected chi connectivity index (χ3v) is 9.99. The Labute approximate surface area is 275 Å². The average Bonchev–Trinajstić information content (AvgIpc) is 3.40. The van der Waals surface area contributed by atoms with Crippen LogP contribution in [0, 0.1) is 5.92 Å². The molecule has 0 aromatic heterocycles. The quantitative estimate of drug-likeness (QED) is 0.299. The number of benzene rings is 2. The maximum Gasteiger partial charge on any atom is 0.410 e. The molecule has 3 aliphatic rings. The van der Waals surface area contributed by atoms with Gasteiger partial charge in [-0.1, -0.05) is 61.3 Å². The van der Waals surface area contributed by atoms with Crippen LogP contribution >= 0.6 is 35.0 Å². The third-order valence-electron chi connectivity index (χ3n) is 8.43. The van der Waals surface area contributed by atoms with Crippen LogP contribution in [0.25, 0.3) is 0 Å². The number of thioether (sulfide) groups is 1. The van der Waals surface area contributed by atoms with Crippen molar-refractivity contribution in [3.63, 3.8) is 0 Å². The molecule has 44 heavy (non-hydrogen) atoms. The minimum atomic E-state index is -0.632. The molecule has 3 heterocycles. The number of hydrogen-bond donors (Lipinski definition) is 0. The summed E-state index contributed by atoms with van der Waals surface area (Å²) >= 11 is 14.0. The van der Waals surface area contributed by atoms with E-state index < -0.39 is 11.1 Å². The molecule has 2 amide bonds. The third kappa shape index (κ3) is 6.22. The van der Waals surface area contributed by atoms with E-state index in [0.29, 0.717) is 28.0 Å². The van der Waals surface area contributed by atoms with Crippen molar-refractivity contribution in [2.45, 2.75) is 91.1 Å². The van der Waals surface area contributed by atoms with Gasteiger partial charge in [0.05, 0.1) is 12.1 Å². The van der Waals surface area contributed by atoms with E-state index in [1.165, 1.54) is 11.8 Å². The van der Waals surface area contributed by atoms with Gasteiger partial charge in [0.25, 0.3) is 5.91 Å². The van der Waals surface area contributed by atoms with Crippen molar-refractivity contribution in [1.29, 1.82) is 0 Å². The van der Waals surface area contributed by atoms with E-state index >= 15 is 0 Å². The Kier molecular flexibility index (Phi) is 9.11. The summed E-state index contributed by atoms with van der Waals surface area (Å²) in [6, 6.07) is 15.4. The van der Waals surface area contributed by atoms with Crippen molar-refractivity contribution in [3.8, 4) is 0 Å². The lowest BCUT2D eigenvalue weighted by atomic mass is 9.81. The number of hydrogen-bond acceptors (Lipinski definition) is 6. The summed E-state index contributed by atoms with van der Waals surface area (Å²) in [7, 11) is 0. The number of rotatable bonds is 7. The Morgan fingerprint density at radius 3 is 2.14 bits per heavy atom. The van der Waals surface area contributed by atoms with Crippen LogP contribution in [-0.2, 0) is 15.1 Å². The highest BCUT2D eigenvalue weighted by atomic mass is 35.5. The minimum absolute atomic E-state index is 0.0371. The SMILES string of the molecule is CC(C)C1=C(C(=O)N(CC2CCN2C(=O)OC(C)(C)C)C(C)C)SC2=N[C@@](C)(c3ccc(Cl)cc3)[C@@H](c3ccc(Cl)cc3)N21. The smallest absolute Gasteiger partial charge is 0.410 e. The van der Waals surface area contributed by atoms with Crippen molar-refractivity contribution in [1.82, 2.24) is 14.7 Å².